The third-order valence-electron chi connectivity index (χ3n) is 3.56. The third-order valence-corrected chi connectivity index (χ3v) is 3.56. The molecule has 0 saturated carbocycles. The number of carbonyl (C=O) groups is 1. The van der Waals surface area contributed by atoms with Crippen LogP contribution in [0.25, 0.3) is 0 Å². The van der Waals surface area contributed by atoms with Gasteiger partial charge in [-0.25, -0.2) is 0 Å². The lowest BCUT2D eigenvalue weighted by molar-refractivity contribution is -0.274. The molecular formula is C14H12F3N3O3. The Hall–Kier alpha value is -2.58. The van der Waals surface area contributed by atoms with Gasteiger partial charge in [-0.15, -0.1) is 13.2 Å². The number of amides is 1. The maximum Gasteiger partial charge on any atom is 0.573 e. The molecule has 1 aliphatic heterocycles. The van der Waals surface area contributed by atoms with Crippen molar-refractivity contribution in [3.63, 3.8) is 0 Å². The van der Waals surface area contributed by atoms with Crippen molar-refractivity contribution in [2.45, 2.75) is 18.7 Å². The fourth-order valence-electron chi connectivity index (χ4n) is 2.54. The second kappa shape index (κ2) is 5.90. The number of rotatable bonds is 3. The summed E-state index contributed by atoms with van der Waals surface area (Å²) in [6.45, 7) is 0.719. The molecule has 0 aliphatic carbocycles. The Morgan fingerprint density at radius 2 is 2.13 bits per heavy atom. The van der Waals surface area contributed by atoms with Crippen molar-refractivity contribution in [1.82, 2.24) is 15.0 Å². The van der Waals surface area contributed by atoms with Crippen LogP contribution in [0.3, 0.4) is 0 Å². The predicted molar refractivity (Wildman–Crippen MR) is 70.7 cm³/mol. The smallest absolute Gasteiger partial charge is 0.405 e. The number of carbonyl (C=O) groups excluding carboxylic acids is 1. The predicted octanol–water partition coefficient (Wildman–Crippen LogP) is 2.60. The van der Waals surface area contributed by atoms with Crippen LogP contribution in [-0.2, 0) is 0 Å². The lowest BCUT2D eigenvalue weighted by Gasteiger charge is -2.18. The van der Waals surface area contributed by atoms with Gasteiger partial charge in [-0.3, -0.25) is 4.79 Å². The summed E-state index contributed by atoms with van der Waals surface area (Å²) in [6, 6.07) is 5.30. The number of alkyl halides is 3. The number of para-hydroxylation sites is 1. The van der Waals surface area contributed by atoms with Gasteiger partial charge in [0.2, 0.25) is 6.39 Å². The van der Waals surface area contributed by atoms with E-state index in [1.807, 2.05) is 0 Å². The molecule has 0 spiro atoms. The molecule has 0 unspecified atom stereocenters. The first kappa shape index (κ1) is 15.3. The van der Waals surface area contributed by atoms with E-state index < -0.39 is 18.0 Å². The molecule has 3 rings (SSSR count). The summed E-state index contributed by atoms with van der Waals surface area (Å²) < 4.78 is 45.9. The average Bonchev–Trinajstić information content (AvgIpc) is 3.16. The number of likely N-dealkylation sites (tertiary alicyclic amines) is 1. The highest BCUT2D eigenvalue weighted by Crippen LogP contribution is 2.30. The number of benzene rings is 1. The van der Waals surface area contributed by atoms with Gasteiger partial charge in [0.15, 0.2) is 5.82 Å². The minimum atomic E-state index is -4.85. The molecule has 2 aromatic rings. The Bertz CT molecular complexity index is 688. The Morgan fingerprint density at radius 1 is 1.35 bits per heavy atom. The Balaban J connectivity index is 1.76. The Labute approximate surface area is 128 Å². The second-order valence-electron chi connectivity index (χ2n) is 5.07. The van der Waals surface area contributed by atoms with E-state index in [0.29, 0.717) is 25.3 Å². The zero-order chi connectivity index (χ0) is 16.4. The van der Waals surface area contributed by atoms with Crippen LogP contribution in [0.5, 0.6) is 5.75 Å². The van der Waals surface area contributed by atoms with E-state index in [9.17, 15) is 18.0 Å². The minimum absolute atomic E-state index is 0.0894. The number of halogens is 3. The SMILES string of the molecule is O=C(c1ccccc1OC(F)(F)F)N1CC[C@H](c2ncon2)C1. The summed E-state index contributed by atoms with van der Waals surface area (Å²) in [7, 11) is 0. The molecule has 0 radical (unpaired) electrons. The number of ether oxygens (including phenoxy) is 1. The van der Waals surface area contributed by atoms with Gasteiger partial charge < -0.3 is 14.2 Å². The van der Waals surface area contributed by atoms with Gasteiger partial charge in [-0.2, -0.15) is 4.98 Å². The lowest BCUT2D eigenvalue weighted by Crippen LogP contribution is -2.29. The molecule has 1 fully saturated rings. The highest BCUT2D eigenvalue weighted by Gasteiger charge is 2.35. The zero-order valence-corrected chi connectivity index (χ0v) is 11.8. The molecule has 6 nitrogen and oxygen atoms in total. The van der Waals surface area contributed by atoms with Crippen molar-refractivity contribution in [2.75, 3.05) is 13.1 Å². The van der Waals surface area contributed by atoms with Crippen LogP contribution in [0.15, 0.2) is 35.2 Å². The molecule has 2 heterocycles. The van der Waals surface area contributed by atoms with Crippen molar-refractivity contribution in [1.29, 1.82) is 0 Å². The topological polar surface area (TPSA) is 68.5 Å². The van der Waals surface area contributed by atoms with Crippen LogP contribution in [0.4, 0.5) is 13.2 Å². The first-order valence-electron chi connectivity index (χ1n) is 6.84. The number of nitrogens with zero attached hydrogens (tertiary/aromatic N) is 3. The summed E-state index contributed by atoms with van der Waals surface area (Å²) in [5, 5.41) is 3.73. The molecule has 122 valence electrons. The van der Waals surface area contributed by atoms with Crippen LogP contribution in [0, 0.1) is 0 Å². The fraction of sp³-hybridized carbons (Fsp3) is 0.357. The number of aromatic nitrogens is 2. The number of hydrogen-bond donors (Lipinski definition) is 0. The van der Waals surface area contributed by atoms with Crippen LogP contribution in [0.1, 0.15) is 28.5 Å². The van der Waals surface area contributed by atoms with E-state index in [4.69, 9.17) is 0 Å². The van der Waals surface area contributed by atoms with Crippen molar-refractivity contribution in [3.05, 3.63) is 42.0 Å². The Kier molecular flexibility index (Phi) is 3.93. The van der Waals surface area contributed by atoms with E-state index in [2.05, 4.69) is 19.4 Å². The van der Waals surface area contributed by atoms with Crippen LogP contribution in [-0.4, -0.2) is 40.4 Å². The van der Waals surface area contributed by atoms with E-state index in [1.54, 1.807) is 0 Å². The van der Waals surface area contributed by atoms with Gasteiger partial charge in [0.05, 0.1) is 5.56 Å². The van der Waals surface area contributed by atoms with Gasteiger partial charge in [0, 0.05) is 19.0 Å². The van der Waals surface area contributed by atoms with E-state index in [1.165, 1.54) is 29.5 Å². The molecule has 1 aromatic heterocycles. The molecule has 9 heteroatoms. The highest BCUT2D eigenvalue weighted by molar-refractivity contribution is 5.97. The molecule has 0 N–H and O–H groups in total. The minimum Gasteiger partial charge on any atom is -0.405 e. The quantitative estimate of drug-likeness (QED) is 0.867. The van der Waals surface area contributed by atoms with Crippen molar-refractivity contribution in [2.24, 2.45) is 0 Å². The normalized spacial score (nSPS) is 18.2. The van der Waals surface area contributed by atoms with Gasteiger partial charge in [-0.1, -0.05) is 17.3 Å². The standard InChI is InChI=1S/C14H12F3N3O3/c15-14(16,17)23-11-4-2-1-3-10(11)13(21)20-6-5-9(7-20)12-18-8-22-19-12/h1-4,8-9H,5-7H2/t9-/m0/s1. The van der Waals surface area contributed by atoms with Gasteiger partial charge in [-0.05, 0) is 18.6 Å². The second-order valence-corrected chi connectivity index (χ2v) is 5.07. The van der Waals surface area contributed by atoms with E-state index in [0.717, 1.165) is 6.07 Å². The highest BCUT2D eigenvalue weighted by atomic mass is 19.4. The Morgan fingerprint density at radius 3 is 2.83 bits per heavy atom. The van der Waals surface area contributed by atoms with Gasteiger partial charge in [0.1, 0.15) is 5.75 Å². The molecular weight excluding hydrogens is 315 g/mol. The molecule has 0 bridgehead atoms. The molecule has 1 saturated heterocycles. The molecule has 23 heavy (non-hydrogen) atoms. The first-order chi connectivity index (χ1) is 10.9. The maximum absolute atomic E-state index is 12.5. The van der Waals surface area contributed by atoms with Gasteiger partial charge in [0.25, 0.3) is 5.91 Å². The fourth-order valence-corrected chi connectivity index (χ4v) is 2.54. The summed E-state index contributed by atoms with van der Waals surface area (Å²) in [5.74, 6) is -0.627. The summed E-state index contributed by atoms with van der Waals surface area (Å²) in [6.07, 6.45) is -3.03. The van der Waals surface area contributed by atoms with Crippen LogP contribution < -0.4 is 4.74 Å². The van der Waals surface area contributed by atoms with Crippen molar-refractivity contribution in [3.8, 4) is 5.75 Å². The van der Waals surface area contributed by atoms with Crippen molar-refractivity contribution < 1.29 is 27.2 Å². The van der Waals surface area contributed by atoms with E-state index >= 15 is 0 Å². The molecule has 1 aliphatic rings. The van der Waals surface area contributed by atoms with Crippen molar-refractivity contribution >= 4 is 5.91 Å². The maximum atomic E-state index is 12.5. The summed E-state index contributed by atoms with van der Waals surface area (Å²) in [5.41, 5.74) is -0.126. The average molecular weight is 327 g/mol. The van der Waals surface area contributed by atoms with Gasteiger partial charge >= 0.3 is 6.36 Å². The van der Waals surface area contributed by atoms with Crippen LogP contribution >= 0.6 is 0 Å². The monoisotopic (exact) mass is 327 g/mol. The van der Waals surface area contributed by atoms with E-state index in [-0.39, 0.29) is 11.5 Å². The van der Waals surface area contributed by atoms with Crippen LogP contribution in [0.2, 0.25) is 0 Å². The summed E-state index contributed by atoms with van der Waals surface area (Å²) in [4.78, 5) is 17.9. The molecule has 1 atom stereocenters. The molecule has 1 amide bonds. The third kappa shape index (κ3) is 3.43. The largest absolute Gasteiger partial charge is 0.573 e. The zero-order valence-electron chi connectivity index (χ0n) is 11.8. The molecule has 1 aromatic carbocycles. The summed E-state index contributed by atoms with van der Waals surface area (Å²) >= 11 is 0. The lowest BCUT2D eigenvalue weighted by atomic mass is 10.1. The number of hydrogen-bond acceptors (Lipinski definition) is 5. The first-order valence-corrected chi connectivity index (χ1v) is 6.84.